The molecule has 2 aromatic heterocycles. The molecule has 1 fully saturated rings. The molecule has 33 heavy (non-hydrogen) atoms. The van der Waals surface area contributed by atoms with Crippen molar-refractivity contribution in [2.75, 3.05) is 6.54 Å². The predicted molar refractivity (Wildman–Crippen MR) is 130 cm³/mol. The van der Waals surface area contributed by atoms with Crippen LogP contribution in [0.2, 0.25) is 0 Å². The van der Waals surface area contributed by atoms with E-state index in [2.05, 4.69) is 0 Å². The third-order valence-corrected chi connectivity index (χ3v) is 8.26. The molecule has 9 heteroatoms. The molecular formula is C24H26FN3O3S2. The highest BCUT2D eigenvalue weighted by Gasteiger charge is 2.33. The van der Waals surface area contributed by atoms with Gasteiger partial charge in [-0.25, -0.2) is 9.37 Å². The lowest BCUT2D eigenvalue weighted by molar-refractivity contribution is -0.127. The van der Waals surface area contributed by atoms with E-state index in [-0.39, 0.29) is 23.1 Å². The molecule has 1 aliphatic heterocycles. The van der Waals surface area contributed by atoms with Gasteiger partial charge in [0.2, 0.25) is 5.91 Å². The Morgan fingerprint density at radius 2 is 1.88 bits per heavy atom. The number of rotatable bonds is 4. The molecule has 0 N–H and O–H groups in total. The van der Waals surface area contributed by atoms with Crippen LogP contribution in [0.1, 0.15) is 60.0 Å². The summed E-state index contributed by atoms with van der Waals surface area (Å²) in [6, 6.07) is 5.09. The van der Waals surface area contributed by atoms with Gasteiger partial charge in [0.05, 0.1) is 10.6 Å². The van der Waals surface area contributed by atoms with Crippen LogP contribution in [0, 0.1) is 19.7 Å². The minimum Gasteiger partial charge on any atom is -0.284 e. The van der Waals surface area contributed by atoms with E-state index in [0.29, 0.717) is 34.8 Å². The SMILES string of the molecule is Cc1sc2nc(SC3CCCCN(C(=O)c4ccc(F)cc4)C3=O)n(C(C)C)c(=O)c2c1C. The van der Waals surface area contributed by atoms with Gasteiger partial charge in [0.25, 0.3) is 11.5 Å². The molecule has 1 aromatic carbocycles. The zero-order valence-corrected chi connectivity index (χ0v) is 20.7. The van der Waals surface area contributed by atoms with E-state index in [1.165, 1.54) is 52.3 Å². The molecule has 4 rings (SSSR count). The lowest BCUT2D eigenvalue weighted by Gasteiger charge is -2.23. The minimum absolute atomic E-state index is 0.0975. The second-order valence-corrected chi connectivity index (χ2v) is 10.9. The average molecular weight is 488 g/mol. The van der Waals surface area contributed by atoms with E-state index >= 15 is 0 Å². The van der Waals surface area contributed by atoms with Crippen molar-refractivity contribution in [1.29, 1.82) is 0 Å². The fraction of sp³-hybridized carbons (Fsp3) is 0.417. The summed E-state index contributed by atoms with van der Waals surface area (Å²) in [5, 5.41) is 0.599. The number of hydrogen-bond donors (Lipinski definition) is 0. The van der Waals surface area contributed by atoms with Crippen LogP contribution in [-0.2, 0) is 4.79 Å². The van der Waals surface area contributed by atoms with Crippen molar-refractivity contribution in [3.8, 4) is 0 Å². The number of benzene rings is 1. The molecule has 6 nitrogen and oxygen atoms in total. The molecule has 1 aliphatic rings. The third kappa shape index (κ3) is 4.48. The van der Waals surface area contributed by atoms with Gasteiger partial charge >= 0.3 is 0 Å². The first-order valence-corrected chi connectivity index (χ1v) is 12.7. The topological polar surface area (TPSA) is 72.3 Å². The number of halogens is 1. The highest BCUT2D eigenvalue weighted by Crippen LogP contribution is 2.34. The van der Waals surface area contributed by atoms with Crippen LogP contribution >= 0.6 is 23.1 Å². The van der Waals surface area contributed by atoms with Gasteiger partial charge in [-0.15, -0.1) is 11.3 Å². The fourth-order valence-corrected chi connectivity index (χ4v) is 6.42. The molecule has 0 saturated carbocycles. The lowest BCUT2D eigenvalue weighted by Crippen LogP contribution is -2.41. The van der Waals surface area contributed by atoms with Gasteiger partial charge in [-0.05, 0) is 70.4 Å². The number of fused-ring (bicyclic) bond motifs is 1. The highest BCUT2D eigenvalue weighted by atomic mass is 32.2. The number of imide groups is 1. The first-order chi connectivity index (χ1) is 15.7. The number of nitrogens with zero attached hydrogens (tertiary/aromatic N) is 3. The van der Waals surface area contributed by atoms with Gasteiger partial charge in [-0.3, -0.25) is 23.9 Å². The van der Waals surface area contributed by atoms with Gasteiger partial charge in [-0.1, -0.05) is 18.2 Å². The molecule has 1 saturated heterocycles. The summed E-state index contributed by atoms with van der Waals surface area (Å²) in [5.74, 6) is -1.16. The summed E-state index contributed by atoms with van der Waals surface area (Å²) < 4.78 is 14.9. The molecule has 3 heterocycles. The van der Waals surface area contributed by atoms with Gasteiger partial charge in [-0.2, -0.15) is 0 Å². The number of carbonyl (C=O) groups is 2. The Morgan fingerprint density at radius 1 is 1.18 bits per heavy atom. The summed E-state index contributed by atoms with van der Waals surface area (Å²) in [5.41, 5.74) is 1.12. The van der Waals surface area contributed by atoms with E-state index in [1.54, 1.807) is 4.57 Å². The minimum atomic E-state index is -0.534. The molecule has 2 amide bonds. The normalized spacial score (nSPS) is 17.1. The van der Waals surface area contributed by atoms with Crippen molar-refractivity contribution in [3.63, 3.8) is 0 Å². The third-order valence-electron chi connectivity index (χ3n) is 5.94. The van der Waals surface area contributed by atoms with Crippen LogP contribution in [0.5, 0.6) is 0 Å². The lowest BCUT2D eigenvalue weighted by atomic mass is 10.2. The molecule has 0 radical (unpaired) electrons. The van der Waals surface area contributed by atoms with Crippen molar-refractivity contribution in [3.05, 3.63) is 56.4 Å². The van der Waals surface area contributed by atoms with Crippen LogP contribution in [0.4, 0.5) is 4.39 Å². The number of carbonyl (C=O) groups excluding carboxylic acids is 2. The number of aromatic nitrogens is 2. The predicted octanol–water partition coefficient (Wildman–Crippen LogP) is 5.11. The summed E-state index contributed by atoms with van der Waals surface area (Å²) in [7, 11) is 0. The molecule has 0 bridgehead atoms. The Balaban J connectivity index is 1.70. The first kappa shape index (κ1) is 23.6. The van der Waals surface area contributed by atoms with Crippen LogP contribution < -0.4 is 5.56 Å². The van der Waals surface area contributed by atoms with Crippen LogP contribution in [0.3, 0.4) is 0 Å². The zero-order chi connectivity index (χ0) is 23.9. The monoisotopic (exact) mass is 487 g/mol. The largest absolute Gasteiger partial charge is 0.284 e. The van der Waals surface area contributed by atoms with Crippen molar-refractivity contribution in [2.24, 2.45) is 0 Å². The summed E-state index contributed by atoms with van der Waals surface area (Å²) in [6.45, 7) is 8.07. The molecule has 174 valence electrons. The Hall–Kier alpha value is -2.52. The molecule has 0 aliphatic carbocycles. The van der Waals surface area contributed by atoms with Gasteiger partial charge in [0.1, 0.15) is 10.6 Å². The average Bonchev–Trinajstić information content (AvgIpc) is 2.93. The van der Waals surface area contributed by atoms with Crippen LogP contribution in [-0.4, -0.2) is 38.1 Å². The first-order valence-electron chi connectivity index (χ1n) is 11.0. The standard InChI is InChI=1S/C24H26FN3O3S2/c1-13(2)28-23(31)19-14(3)15(4)32-20(19)26-24(28)33-18-7-5-6-12-27(22(18)30)21(29)16-8-10-17(25)11-9-16/h8-11,13,18H,5-7,12H2,1-4H3. The Bertz CT molecular complexity index is 1280. The fourth-order valence-electron chi connectivity index (χ4n) is 4.02. The quantitative estimate of drug-likeness (QED) is 0.378. The van der Waals surface area contributed by atoms with Crippen molar-refractivity contribution < 1.29 is 14.0 Å². The van der Waals surface area contributed by atoms with Crippen molar-refractivity contribution in [2.45, 2.75) is 63.4 Å². The van der Waals surface area contributed by atoms with Crippen LogP contribution in [0.25, 0.3) is 10.2 Å². The van der Waals surface area contributed by atoms with E-state index in [9.17, 15) is 18.8 Å². The second kappa shape index (κ2) is 9.38. The molecule has 3 aromatic rings. The van der Waals surface area contributed by atoms with E-state index in [1.807, 2.05) is 27.7 Å². The number of hydrogen-bond acceptors (Lipinski definition) is 6. The number of amides is 2. The van der Waals surface area contributed by atoms with Gasteiger partial charge in [0, 0.05) is 23.0 Å². The van der Waals surface area contributed by atoms with Crippen molar-refractivity contribution >= 4 is 45.1 Å². The molecule has 1 unspecified atom stereocenters. The number of thiophene rings is 1. The molecule has 1 atom stereocenters. The Morgan fingerprint density at radius 3 is 2.55 bits per heavy atom. The Labute approximate surface area is 199 Å². The van der Waals surface area contributed by atoms with Gasteiger partial charge < -0.3 is 0 Å². The number of likely N-dealkylation sites (tertiary alicyclic amines) is 1. The van der Waals surface area contributed by atoms with E-state index in [4.69, 9.17) is 4.98 Å². The van der Waals surface area contributed by atoms with Gasteiger partial charge in [0.15, 0.2) is 5.16 Å². The molecule has 0 spiro atoms. The maximum atomic E-state index is 13.4. The van der Waals surface area contributed by atoms with Crippen molar-refractivity contribution in [1.82, 2.24) is 14.5 Å². The van der Waals surface area contributed by atoms with E-state index < -0.39 is 17.0 Å². The zero-order valence-electron chi connectivity index (χ0n) is 19.1. The number of aryl methyl sites for hydroxylation is 2. The smallest absolute Gasteiger partial charge is 0.263 e. The summed E-state index contributed by atoms with van der Waals surface area (Å²) >= 11 is 2.74. The number of thioether (sulfide) groups is 1. The molecular weight excluding hydrogens is 461 g/mol. The Kier molecular flexibility index (Phi) is 6.72. The summed E-state index contributed by atoms with van der Waals surface area (Å²) in [4.78, 5) is 47.5. The van der Waals surface area contributed by atoms with E-state index in [0.717, 1.165) is 16.9 Å². The maximum Gasteiger partial charge on any atom is 0.263 e. The second-order valence-electron chi connectivity index (χ2n) is 8.53. The van der Waals surface area contributed by atoms with Crippen LogP contribution in [0.15, 0.2) is 34.2 Å². The highest BCUT2D eigenvalue weighted by molar-refractivity contribution is 8.00. The maximum absolute atomic E-state index is 13.4. The summed E-state index contributed by atoms with van der Waals surface area (Å²) in [6.07, 6.45) is 2.07.